The topological polar surface area (TPSA) is 51.2 Å². The molecule has 1 heterocycles. The number of ether oxygens (including phenoxy) is 1. The van der Waals surface area contributed by atoms with Crippen LogP contribution in [0.4, 0.5) is 5.13 Å². The van der Waals surface area contributed by atoms with Crippen LogP contribution in [-0.4, -0.2) is 23.9 Å². The molecule has 8 heteroatoms. The van der Waals surface area contributed by atoms with Crippen LogP contribution in [0.2, 0.25) is 10.0 Å². The molecule has 3 aromatic rings. The van der Waals surface area contributed by atoms with Crippen LogP contribution in [0.3, 0.4) is 0 Å². The van der Waals surface area contributed by atoms with Gasteiger partial charge in [-0.1, -0.05) is 40.6 Å². The minimum absolute atomic E-state index is 0. The maximum atomic E-state index is 12.3. The van der Waals surface area contributed by atoms with Gasteiger partial charge in [-0.3, -0.25) is 4.79 Å². The number of halogens is 3. The van der Waals surface area contributed by atoms with Crippen molar-refractivity contribution in [2.75, 3.05) is 18.5 Å². The number of thiazole rings is 1. The van der Waals surface area contributed by atoms with Crippen molar-refractivity contribution in [3.05, 3.63) is 52.0 Å². The van der Waals surface area contributed by atoms with Crippen LogP contribution in [0.1, 0.15) is 17.3 Å². The van der Waals surface area contributed by atoms with E-state index in [0.29, 0.717) is 27.3 Å². The fourth-order valence-electron chi connectivity index (χ4n) is 2.20. The summed E-state index contributed by atoms with van der Waals surface area (Å²) in [6.45, 7) is 2.64. The van der Waals surface area contributed by atoms with Crippen LogP contribution < -0.4 is 27.0 Å². The van der Waals surface area contributed by atoms with E-state index in [1.165, 1.54) is 11.3 Å². The van der Waals surface area contributed by atoms with Crippen molar-refractivity contribution < 1.29 is 26.5 Å². The van der Waals surface area contributed by atoms with Crippen LogP contribution >= 0.6 is 34.5 Å². The van der Waals surface area contributed by atoms with Gasteiger partial charge in [-0.2, -0.15) is 0 Å². The number of fused-ring (bicyclic) bond motifs is 1. The number of benzene rings is 2. The van der Waals surface area contributed by atoms with Crippen LogP contribution in [-0.2, 0) is 0 Å². The maximum absolute atomic E-state index is 12.3. The number of anilines is 1. The molecule has 132 valence electrons. The molecule has 2 aromatic carbocycles. The lowest BCUT2D eigenvalue weighted by Crippen LogP contribution is -3.00. The standard InChI is InChI=1S/C17H14Cl2N2O2S.BrH/c1-2-23-14-4-3-5-15-16(14)21-17(24-15)20-9-13(22)10-6-7-11(18)12(19)8-10;/h3-8H,2,9H2,1H3,(H,20,21);1H/p-1. The fraction of sp³-hybridized carbons (Fsp3) is 0.176. The van der Waals surface area contributed by atoms with Crippen LogP contribution in [0.15, 0.2) is 36.4 Å². The van der Waals surface area contributed by atoms with E-state index in [9.17, 15) is 4.79 Å². The lowest BCUT2D eigenvalue weighted by Gasteiger charge is -2.04. The second-order valence-corrected chi connectivity index (χ2v) is 6.81. The Hall–Kier alpha value is -1.34. The first-order valence-corrected chi connectivity index (χ1v) is 8.90. The predicted octanol–water partition coefficient (Wildman–Crippen LogP) is 2.30. The highest BCUT2D eigenvalue weighted by molar-refractivity contribution is 7.22. The summed E-state index contributed by atoms with van der Waals surface area (Å²) in [6, 6.07) is 10.6. The first-order valence-electron chi connectivity index (χ1n) is 7.33. The number of nitrogens with one attached hydrogen (secondary N) is 1. The molecule has 3 rings (SSSR count). The van der Waals surface area contributed by atoms with Crippen molar-refractivity contribution >= 4 is 55.7 Å². The lowest BCUT2D eigenvalue weighted by atomic mass is 10.1. The average molecular weight is 461 g/mol. The number of para-hydroxylation sites is 1. The van der Waals surface area contributed by atoms with Crippen molar-refractivity contribution in [3.8, 4) is 5.75 Å². The monoisotopic (exact) mass is 459 g/mol. The Morgan fingerprint density at radius 1 is 1.24 bits per heavy atom. The van der Waals surface area contributed by atoms with Crippen molar-refractivity contribution in [3.63, 3.8) is 0 Å². The number of aromatic nitrogens is 1. The maximum Gasteiger partial charge on any atom is 0.184 e. The number of carbonyl (C=O) groups is 1. The molecule has 1 aromatic heterocycles. The quantitative estimate of drug-likeness (QED) is 0.573. The Morgan fingerprint density at radius 2 is 2.04 bits per heavy atom. The molecule has 0 atom stereocenters. The van der Waals surface area contributed by atoms with Gasteiger partial charge in [0.2, 0.25) is 0 Å². The molecular formula is C17H14BrCl2N2O2S-. The number of hydrogen-bond acceptors (Lipinski definition) is 5. The van der Waals surface area contributed by atoms with E-state index in [-0.39, 0.29) is 29.3 Å². The highest BCUT2D eigenvalue weighted by atomic mass is 79.9. The number of nitrogens with zero attached hydrogens (tertiary/aromatic N) is 1. The second kappa shape index (κ2) is 8.85. The second-order valence-electron chi connectivity index (χ2n) is 4.96. The molecule has 0 fully saturated rings. The van der Waals surface area contributed by atoms with Crippen LogP contribution in [0.25, 0.3) is 10.2 Å². The summed E-state index contributed by atoms with van der Waals surface area (Å²) in [5, 5.41) is 4.53. The highest BCUT2D eigenvalue weighted by Crippen LogP contribution is 2.32. The van der Waals surface area contributed by atoms with E-state index in [1.807, 2.05) is 25.1 Å². The predicted molar refractivity (Wildman–Crippen MR) is 100 cm³/mol. The van der Waals surface area contributed by atoms with Gasteiger partial charge in [-0.25, -0.2) is 4.98 Å². The van der Waals surface area contributed by atoms with Gasteiger partial charge in [-0.15, -0.1) is 0 Å². The third-order valence-corrected chi connectivity index (χ3v) is 5.04. The van der Waals surface area contributed by atoms with Gasteiger partial charge in [-0.05, 0) is 37.3 Å². The van der Waals surface area contributed by atoms with E-state index in [2.05, 4.69) is 10.3 Å². The normalized spacial score (nSPS) is 10.4. The minimum Gasteiger partial charge on any atom is -1.00 e. The molecule has 1 N–H and O–H groups in total. The van der Waals surface area contributed by atoms with Gasteiger partial charge in [0.1, 0.15) is 11.3 Å². The summed E-state index contributed by atoms with van der Waals surface area (Å²) >= 11 is 13.3. The Bertz CT molecular complexity index is 901. The van der Waals surface area contributed by atoms with Crippen LogP contribution in [0.5, 0.6) is 5.75 Å². The summed E-state index contributed by atoms with van der Waals surface area (Å²) in [7, 11) is 0. The zero-order valence-electron chi connectivity index (χ0n) is 13.2. The van der Waals surface area contributed by atoms with Gasteiger partial charge in [0.05, 0.1) is 27.9 Å². The molecule has 4 nitrogen and oxygen atoms in total. The SMILES string of the molecule is CCOc1cccc2sc(NCC(=O)c3ccc(Cl)c(Cl)c3)nc12.[Br-]. The van der Waals surface area contributed by atoms with E-state index < -0.39 is 0 Å². The van der Waals surface area contributed by atoms with Crippen molar-refractivity contribution in [2.45, 2.75) is 6.92 Å². The first-order chi connectivity index (χ1) is 11.6. The summed E-state index contributed by atoms with van der Waals surface area (Å²) in [4.78, 5) is 16.8. The Balaban J connectivity index is 0.00000225. The van der Waals surface area contributed by atoms with Crippen molar-refractivity contribution in [1.29, 1.82) is 0 Å². The zero-order valence-corrected chi connectivity index (χ0v) is 17.1. The molecule has 0 amide bonds. The summed E-state index contributed by atoms with van der Waals surface area (Å²) in [5.41, 5.74) is 1.31. The van der Waals surface area contributed by atoms with Crippen molar-refractivity contribution in [1.82, 2.24) is 4.98 Å². The Morgan fingerprint density at radius 3 is 2.76 bits per heavy atom. The Labute approximate surface area is 169 Å². The van der Waals surface area contributed by atoms with E-state index in [1.54, 1.807) is 18.2 Å². The van der Waals surface area contributed by atoms with Gasteiger partial charge in [0.15, 0.2) is 10.9 Å². The number of rotatable bonds is 6. The number of ketones is 1. The molecule has 25 heavy (non-hydrogen) atoms. The zero-order chi connectivity index (χ0) is 17.1. The molecule has 0 bridgehead atoms. The van der Waals surface area contributed by atoms with E-state index in [4.69, 9.17) is 27.9 Å². The third-order valence-electron chi connectivity index (χ3n) is 3.32. The van der Waals surface area contributed by atoms with Gasteiger partial charge in [0.25, 0.3) is 0 Å². The number of hydrogen-bond donors (Lipinski definition) is 1. The average Bonchev–Trinajstić information content (AvgIpc) is 2.99. The molecule has 0 saturated carbocycles. The van der Waals surface area contributed by atoms with Gasteiger partial charge >= 0.3 is 0 Å². The highest BCUT2D eigenvalue weighted by Gasteiger charge is 2.12. The lowest BCUT2D eigenvalue weighted by molar-refractivity contribution is -0.0000127. The molecule has 0 radical (unpaired) electrons. The first kappa shape index (κ1) is 20.0. The van der Waals surface area contributed by atoms with E-state index in [0.717, 1.165) is 16.0 Å². The Kier molecular flexibility index (Phi) is 7.07. The van der Waals surface area contributed by atoms with Gasteiger partial charge < -0.3 is 27.0 Å². The third kappa shape index (κ3) is 4.64. The van der Waals surface area contributed by atoms with Crippen LogP contribution in [0, 0.1) is 0 Å². The van der Waals surface area contributed by atoms with Crippen molar-refractivity contribution in [2.24, 2.45) is 0 Å². The summed E-state index contributed by atoms with van der Waals surface area (Å²) in [6.07, 6.45) is 0. The van der Waals surface area contributed by atoms with Gasteiger partial charge in [0, 0.05) is 5.56 Å². The summed E-state index contributed by atoms with van der Waals surface area (Å²) in [5.74, 6) is 0.660. The molecule has 0 spiro atoms. The molecule has 0 aliphatic heterocycles. The molecular weight excluding hydrogens is 447 g/mol. The fourth-order valence-corrected chi connectivity index (χ4v) is 3.38. The number of Topliss-reactive ketones (excluding diaryl/α,β-unsaturated/α-hetero) is 1. The summed E-state index contributed by atoms with van der Waals surface area (Å²) < 4.78 is 6.58. The minimum atomic E-state index is -0.0853. The molecule has 0 unspecified atom stereocenters. The molecule has 0 saturated heterocycles. The molecule has 0 aliphatic rings. The molecule has 0 aliphatic carbocycles. The van der Waals surface area contributed by atoms with E-state index >= 15 is 0 Å². The number of carbonyl (C=O) groups excluding carboxylic acids is 1. The largest absolute Gasteiger partial charge is 1.00 e. The smallest absolute Gasteiger partial charge is 0.184 e.